The minimum absolute atomic E-state index is 0.105. The summed E-state index contributed by atoms with van der Waals surface area (Å²) in [6.07, 6.45) is 0. The van der Waals surface area contributed by atoms with Gasteiger partial charge in [0.05, 0.1) is 0 Å². The Labute approximate surface area is 73.1 Å². The lowest BCUT2D eigenvalue weighted by molar-refractivity contribution is -0.119. The summed E-state index contributed by atoms with van der Waals surface area (Å²) in [4.78, 5) is 13.0. The van der Waals surface area contributed by atoms with Gasteiger partial charge in [-0.2, -0.15) is 0 Å². The zero-order valence-electron chi connectivity index (χ0n) is 7.71. The van der Waals surface area contributed by atoms with Crippen molar-refractivity contribution in [2.24, 2.45) is 17.8 Å². The number of hydrogen-bond acceptors (Lipinski definition) is 2. The fourth-order valence-electron chi connectivity index (χ4n) is 2.42. The van der Waals surface area contributed by atoms with Crippen molar-refractivity contribution in [2.75, 3.05) is 26.7 Å². The van der Waals surface area contributed by atoms with Crippen LogP contribution < -0.4 is 5.32 Å². The van der Waals surface area contributed by atoms with Gasteiger partial charge in [0.15, 0.2) is 0 Å². The fraction of sp³-hybridized carbons (Fsp3) is 0.889. The van der Waals surface area contributed by atoms with Gasteiger partial charge in [0, 0.05) is 26.6 Å². The van der Waals surface area contributed by atoms with E-state index in [0.29, 0.717) is 0 Å². The Morgan fingerprint density at radius 2 is 2.08 bits per heavy atom. The number of rotatable bonds is 2. The zero-order valence-corrected chi connectivity index (χ0v) is 7.71. The molecule has 2 aliphatic rings. The van der Waals surface area contributed by atoms with Gasteiger partial charge in [-0.05, 0) is 24.8 Å². The third-order valence-corrected chi connectivity index (χ3v) is 3.14. The van der Waals surface area contributed by atoms with E-state index >= 15 is 0 Å². The van der Waals surface area contributed by atoms with E-state index in [1.54, 1.807) is 6.92 Å². The Kier molecular flexibility index (Phi) is 1.83. The first-order chi connectivity index (χ1) is 5.68. The summed E-state index contributed by atoms with van der Waals surface area (Å²) in [6.45, 7) is 4.95. The number of fused-ring (bicyclic) bond motifs is 1. The molecule has 0 aromatic carbocycles. The summed E-state index contributed by atoms with van der Waals surface area (Å²) in [5.41, 5.74) is 0. The average Bonchev–Trinajstić information content (AvgIpc) is 2.42. The number of piperidine rings is 1. The molecule has 2 unspecified atom stereocenters. The maximum atomic E-state index is 10.6. The number of nitrogens with one attached hydrogen (secondary N) is 1. The number of nitrogens with zero attached hydrogens (tertiary/aromatic N) is 1. The quantitative estimate of drug-likeness (QED) is 0.626. The topological polar surface area (TPSA) is 32.3 Å². The SMILES string of the molecule is CC(=O)NCC1C2CN(C)CC12. The van der Waals surface area contributed by atoms with Crippen LogP contribution in [-0.2, 0) is 4.79 Å². The van der Waals surface area contributed by atoms with Gasteiger partial charge >= 0.3 is 0 Å². The summed E-state index contributed by atoms with van der Waals surface area (Å²) in [5, 5.41) is 2.89. The Balaban J connectivity index is 1.72. The van der Waals surface area contributed by atoms with Crippen LogP contribution in [0.5, 0.6) is 0 Å². The second kappa shape index (κ2) is 2.73. The predicted octanol–water partition coefficient (Wildman–Crippen LogP) is -0.0699. The predicted molar refractivity (Wildman–Crippen MR) is 46.7 cm³/mol. The third-order valence-electron chi connectivity index (χ3n) is 3.14. The summed E-state index contributed by atoms with van der Waals surface area (Å²) in [7, 11) is 2.17. The molecule has 1 aliphatic heterocycles. The second-order valence-corrected chi connectivity index (χ2v) is 4.15. The van der Waals surface area contributed by atoms with Crippen LogP contribution >= 0.6 is 0 Å². The van der Waals surface area contributed by atoms with Gasteiger partial charge in [0.1, 0.15) is 0 Å². The molecule has 2 fully saturated rings. The maximum absolute atomic E-state index is 10.6. The lowest BCUT2D eigenvalue weighted by Gasteiger charge is -2.12. The molecule has 1 saturated carbocycles. The Morgan fingerprint density at radius 1 is 1.50 bits per heavy atom. The highest BCUT2D eigenvalue weighted by atomic mass is 16.1. The molecule has 2 rings (SSSR count). The molecule has 0 radical (unpaired) electrons. The number of amides is 1. The van der Waals surface area contributed by atoms with Crippen molar-refractivity contribution in [3.63, 3.8) is 0 Å². The largest absolute Gasteiger partial charge is 0.356 e. The van der Waals surface area contributed by atoms with Gasteiger partial charge in [0.25, 0.3) is 0 Å². The van der Waals surface area contributed by atoms with E-state index in [0.717, 1.165) is 24.3 Å². The summed E-state index contributed by atoms with van der Waals surface area (Å²) < 4.78 is 0. The Morgan fingerprint density at radius 3 is 2.58 bits per heavy atom. The number of hydrogen-bond donors (Lipinski definition) is 1. The minimum atomic E-state index is 0.105. The van der Waals surface area contributed by atoms with E-state index in [1.165, 1.54) is 13.1 Å². The van der Waals surface area contributed by atoms with E-state index in [1.807, 2.05) is 0 Å². The van der Waals surface area contributed by atoms with Crippen LogP contribution in [0.25, 0.3) is 0 Å². The molecule has 0 spiro atoms. The molecule has 0 aromatic heterocycles. The van der Waals surface area contributed by atoms with Crippen molar-refractivity contribution in [1.82, 2.24) is 10.2 Å². The Hall–Kier alpha value is -0.570. The van der Waals surface area contributed by atoms with E-state index in [-0.39, 0.29) is 5.91 Å². The molecule has 0 aromatic rings. The van der Waals surface area contributed by atoms with Crippen LogP contribution in [-0.4, -0.2) is 37.5 Å². The van der Waals surface area contributed by atoms with E-state index in [9.17, 15) is 4.79 Å². The molecule has 3 nitrogen and oxygen atoms in total. The molecule has 2 atom stereocenters. The molecule has 68 valence electrons. The van der Waals surface area contributed by atoms with Crippen LogP contribution in [0.3, 0.4) is 0 Å². The first-order valence-electron chi connectivity index (χ1n) is 4.61. The lowest BCUT2D eigenvalue weighted by Crippen LogP contribution is -2.27. The fourth-order valence-corrected chi connectivity index (χ4v) is 2.42. The minimum Gasteiger partial charge on any atom is -0.356 e. The molecule has 12 heavy (non-hydrogen) atoms. The van der Waals surface area contributed by atoms with E-state index in [4.69, 9.17) is 0 Å². The molecular weight excluding hydrogens is 152 g/mol. The standard InChI is InChI=1S/C9H16N2O/c1-6(12)10-3-7-8-4-11(2)5-9(7)8/h7-9H,3-5H2,1-2H3,(H,10,12). The summed E-state index contributed by atoms with van der Waals surface area (Å²) in [5.74, 6) is 2.64. The molecule has 3 heteroatoms. The van der Waals surface area contributed by atoms with Crippen molar-refractivity contribution >= 4 is 5.91 Å². The molecule has 1 aliphatic carbocycles. The molecule has 1 heterocycles. The van der Waals surface area contributed by atoms with Gasteiger partial charge < -0.3 is 10.2 Å². The van der Waals surface area contributed by atoms with Crippen molar-refractivity contribution < 1.29 is 4.79 Å². The maximum Gasteiger partial charge on any atom is 0.216 e. The Bertz CT molecular complexity index is 193. The van der Waals surface area contributed by atoms with Gasteiger partial charge in [0.2, 0.25) is 5.91 Å². The monoisotopic (exact) mass is 168 g/mol. The molecule has 0 bridgehead atoms. The van der Waals surface area contributed by atoms with Crippen molar-refractivity contribution in [1.29, 1.82) is 0 Å². The summed E-state index contributed by atoms with van der Waals surface area (Å²) >= 11 is 0. The highest BCUT2D eigenvalue weighted by molar-refractivity contribution is 5.72. The van der Waals surface area contributed by atoms with Crippen LogP contribution in [0.1, 0.15) is 6.92 Å². The average molecular weight is 168 g/mol. The number of carbonyl (C=O) groups is 1. The highest BCUT2D eigenvalue weighted by Crippen LogP contribution is 2.50. The first kappa shape index (κ1) is 8.05. The molecule has 1 amide bonds. The van der Waals surface area contributed by atoms with Crippen molar-refractivity contribution in [2.45, 2.75) is 6.92 Å². The normalized spacial score (nSPS) is 39.3. The van der Waals surface area contributed by atoms with Gasteiger partial charge in [-0.1, -0.05) is 0 Å². The molecule has 1 saturated heterocycles. The molecular formula is C9H16N2O. The smallest absolute Gasteiger partial charge is 0.216 e. The van der Waals surface area contributed by atoms with Gasteiger partial charge in [-0.3, -0.25) is 4.79 Å². The van der Waals surface area contributed by atoms with Crippen LogP contribution in [0.15, 0.2) is 0 Å². The number of likely N-dealkylation sites (tertiary alicyclic amines) is 1. The molecule has 1 N–H and O–H groups in total. The zero-order chi connectivity index (χ0) is 8.72. The summed E-state index contributed by atoms with van der Waals surface area (Å²) in [6, 6.07) is 0. The van der Waals surface area contributed by atoms with Crippen LogP contribution in [0, 0.1) is 17.8 Å². The van der Waals surface area contributed by atoms with Crippen LogP contribution in [0.4, 0.5) is 0 Å². The van der Waals surface area contributed by atoms with Crippen molar-refractivity contribution in [3.05, 3.63) is 0 Å². The highest BCUT2D eigenvalue weighted by Gasteiger charge is 2.54. The van der Waals surface area contributed by atoms with E-state index in [2.05, 4.69) is 17.3 Å². The van der Waals surface area contributed by atoms with E-state index < -0.39 is 0 Å². The van der Waals surface area contributed by atoms with Gasteiger partial charge in [-0.15, -0.1) is 0 Å². The van der Waals surface area contributed by atoms with Crippen molar-refractivity contribution in [3.8, 4) is 0 Å². The third kappa shape index (κ3) is 1.33. The first-order valence-corrected chi connectivity index (χ1v) is 4.61. The van der Waals surface area contributed by atoms with Gasteiger partial charge in [-0.25, -0.2) is 0 Å². The lowest BCUT2D eigenvalue weighted by atomic mass is 10.2. The second-order valence-electron chi connectivity index (χ2n) is 4.15. The number of carbonyl (C=O) groups excluding carboxylic acids is 1. The van der Waals surface area contributed by atoms with Crippen LogP contribution in [0.2, 0.25) is 0 Å².